The van der Waals surface area contributed by atoms with Gasteiger partial charge in [0, 0.05) is 37.4 Å². The van der Waals surface area contributed by atoms with Crippen molar-refractivity contribution in [3.63, 3.8) is 0 Å². The molecule has 2 aliphatic rings. The molecule has 2 aliphatic heterocycles. The van der Waals surface area contributed by atoms with Gasteiger partial charge in [-0.25, -0.2) is 4.79 Å². The predicted octanol–water partition coefficient (Wildman–Crippen LogP) is 0.393. The van der Waals surface area contributed by atoms with Gasteiger partial charge in [0.2, 0.25) is 0 Å². The Morgan fingerprint density at radius 2 is 2.17 bits per heavy atom. The number of anilines is 1. The van der Waals surface area contributed by atoms with Gasteiger partial charge in [0.25, 0.3) is 0 Å². The van der Waals surface area contributed by atoms with Gasteiger partial charge in [-0.3, -0.25) is 0 Å². The monoisotopic (exact) mass is 247 g/mol. The Labute approximate surface area is 106 Å². The van der Waals surface area contributed by atoms with Crippen molar-refractivity contribution >= 4 is 11.7 Å². The summed E-state index contributed by atoms with van der Waals surface area (Å²) in [5, 5.41) is 12.2. The van der Waals surface area contributed by atoms with Crippen molar-refractivity contribution < 1.29 is 9.90 Å². The minimum absolute atomic E-state index is 0.0510. The van der Waals surface area contributed by atoms with Crippen LogP contribution in [0.2, 0.25) is 0 Å². The third-order valence-electron chi connectivity index (χ3n) is 3.74. The molecule has 1 atom stereocenters. The molecule has 0 aromatic heterocycles. The zero-order chi connectivity index (χ0) is 12.5. The van der Waals surface area contributed by atoms with Crippen LogP contribution in [0.4, 0.5) is 10.5 Å². The molecule has 5 nitrogen and oxygen atoms in total. The number of hydrogen-bond donors (Lipinski definition) is 2. The molecule has 0 radical (unpaired) electrons. The number of piperazine rings is 1. The minimum atomic E-state index is 0.0510. The Morgan fingerprint density at radius 1 is 1.33 bits per heavy atom. The third kappa shape index (κ3) is 1.80. The van der Waals surface area contributed by atoms with E-state index < -0.39 is 0 Å². The zero-order valence-electron chi connectivity index (χ0n) is 10.2. The molecule has 1 aromatic rings. The summed E-state index contributed by atoms with van der Waals surface area (Å²) >= 11 is 0. The second kappa shape index (κ2) is 4.49. The Hall–Kier alpha value is -1.75. The van der Waals surface area contributed by atoms with Gasteiger partial charge in [-0.1, -0.05) is 18.2 Å². The lowest BCUT2D eigenvalue weighted by Crippen LogP contribution is -2.52. The Balaban J connectivity index is 1.80. The molecule has 0 saturated carbocycles. The average Bonchev–Trinajstić information content (AvgIpc) is 2.80. The van der Waals surface area contributed by atoms with E-state index >= 15 is 0 Å². The fourth-order valence-corrected chi connectivity index (χ4v) is 2.78. The van der Waals surface area contributed by atoms with E-state index in [2.05, 4.69) is 10.2 Å². The molecule has 0 bridgehead atoms. The standard InChI is InChI=1S/C13H17N3O2/c17-9-10-3-1-2-4-12(10)15-5-6-16-11(8-15)7-14-13(16)18/h1-4,11,17H,5-9H2,(H,14,18). The molecule has 2 heterocycles. The van der Waals surface area contributed by atoms with Crippen molar-refractivity contribution in [3.05, 3.63) is 29.8 Å². The summed E-state index contributed by atoms with van der Waals surface area (Å²) in [6.45, 7) is 3.17. The van der Waals surface area contributed by atoms with Crippen LogP contribution in [0, 0.1) is 0 Å². The normalized spacial score (nSPS) is 22.9. The van der Waals surface area contributed by atoms with E-state index in [9.17, 15) is 9.90 Å². The summed E-state index contributed by atoms with van der Waals surface area (Å²) in [5.74, 6) is 0. The maximum atomic E-state index is 11.5. The number of urea groups is 1. The average molecular weight is 247 g/mol. The lowest BCUT2D eigenvalue weighted by Gasteiger charge is -2.38. The van der Waals surface area contributed by atoms with Crippen molar-refractivity contribution in [1.82, 2.24) is 10.2 Å². The first-order chi connectivity index (χ1) is 8.79. The molecule has 0 spiro atoms. The smallest absolute Gasteiger partial charge is 0.317 e. The molecule has 18 heavy (non-hydrogen) atoms. The van der Waals surface area contributed by atoms with Crippen LogP contribution in [0.15, 0.2) is 24.3 Å². The van der Waals surface area contributed by atoms with Gasteiger partial charge in [0.05, 0.1) is 12.6 Å². The topological polar surface area (TPSA) is 55.8 Å². The molecule has 2 amide bonds. The molecular weight excluding hydrogens is 230 g/mol. The van der Waals surface area contributed by atoms with Gasteiger partial charge < -0.3 is 20.2 Å². The Morgan fingerprint density at radius 3 is 3.00 bits per heavy atom. The van der Waals surface area contributed by atoms with Crippen LogP contribution in [0.25, 0.3) is 0 Å². The van der Waals surface area contributed by atoms with Crippen molar-refractivity contribution in [3.8, 4) is 0 Å². The van der Waals surface area contributed by atoms with Crippen molar-refractivity contribution in [2.24, 2.45) is 0 Å². The molecule has 1 aromatic carbocycles. The molecule has 3 rings (SSSR count). The summed E-state index contributed by atoms with van der Waals surface area (Å²) in [5.41, 5.74) is 2.03. The first-order valence-electron chi connectivity index (χ1n) is 6.28. The highest BCUT2D eigenvalue weighted by molar-refractivity contribution is 5.77. The summed E-state index contributed by atoms with van der Waals surface area (Å²) in [6.07, 6.45) is 0. The number of aliphatic hydroxyl groups is 1. The van der Waals surface area contributed by atoms with Gasteiger partial charge in [0.1, 0.15) is 0 Å². The van der Waals surface area contributed by atoms with Crippen LogP contribution in [0.5, 0.6) is 0 Å². The third-order valence-corrected chi connectivity index (χ3v) is 3.74. The van der Waals surface area contributed by atoms with Crippen LogP contribution >= 0.6 is 0 Å². The first kappa shape index (κ1) is 11.3. The number of carbonyl (C=O) groups excluding carboxylic acids is 1. The number of benzene rings is 1. The molecule has 2 saturated heterocycles. The first-order valence-corrected chi connectivity index (χ1v) is 6.28. The van der Waals surface area contributed by atoms with E-state index in [0.29, 0.717) is 0 Å². The van der Waals surface area contributed by atoms with E-state index in [1.807, 2.05) is 29.2 Å². The minimum Gasteiger partial charge on any atom is -0.392 e. The maximum Gasteiger partial charge on any atom is 0.317 e. The van der Waals surface area contributed by atoms with Crippen LogP contribution in [0.3, 0.4) is 0 Å². The fraction of sp³-hybridized carbons (Fsp3) is 0.462. The lowest BCUT2D eigenvalue weighted by atomic mass is 10.1. The van der Waals surface area contributed by atoms with Gasteiger partial charge in [0.15, 0.2) is 0 Å². The highest BCUT2D eigenvalue weighted by Crippen LogP contribution is 2.24. The van der Waals surface area contributed by atoms with Gasteiger partial charge in [-0.2, -0.15) is 0 Å². The summed E-state index contributed by atoms with van der Waals surface area (Å²) in [6, 6.07) is 8.20. The number of fused-ring (bicyclic) bond motifs is 1. The van der Waals surface area contributed by atoms with Crippen LogP contribution in [0.1, 0.15) is 5.56 Å². The SMILES string of the molecule is O=C1NCC2CN(c3ccccc3CO)CCN12. The zero-order valence-corrected chi connectivity index (χ0v) is 10.2. The largest absolute Gasteiger partial charge is 0.392 e. The summed E-state index contributed by atoms with van der Waals surface area (Å²) in [7, 11) is 0. The summed E-state index contributed by atoms with van der Waals surface area (Å²) < 4.78 is 0. The van der Waals surface area contributed by atoms with E-state index in [0.717, 1.165) is 37.4 Å². The number of para-hydroxylation sites is 1. The second-order valence-corrected chi connectivity index (χ2v) is 4.77. The van der Waals surface area contributed by atoms with E-state index in [1.165, 1.54) is 0 Å². The van der Waals surface area contributed by atoms with E-state index in [4.69, 9.17) is 0 Å². The molecule has 2 N–H and O–H groups in total. The second-order valence-electron chi connectivity index (χ2n) is 4.77. The number of amides is 2. The maximum absolute atomic E-state index is 11.5. The van der Waals surface area contributed by atoms with Crippen molar-refractivity contribution in [2.75, 3.05) is 31.1 Å². The summed E-state index contributed by atoms with van der Waals surface area (Å²) in [4.78, 5) is 15.7. The molecule has 96 valence electrons. The highest BCUT2D eigenvalue weighted by Gasteiger charge is 2.35. The Bertz CT molecular complexity index is 463. The van der Waals surface area contributed by atoms with E-state index in [-0.39, 0.29) is 18.7 Å². The van der Waals surface area contributed by atoms with Crippen LogP contribution in [-0.2, 0) is 6.61 Å². The van der Waals surface area contributed by atoms with Crippen LogP contribution in [-0.4, -0.2) is 48.3 Å². The molecular formula is C13H17N3O2. The number of rotatable bonds is 2. The molecule has 1 unspecified atom stereocenters. The number of hydrogen-bond acceptors (Lipinski definition) is 3. The molecule has 5 heteroatoms. The number of nitrogens with one attached hydrogen (secondary N) is 1. The number of carbonyl (C=O) groups is 1. The van der Waals surface area contributed by atoms with Gasteiger partial charge in [-0.15, -0.1) is 0 Å². The van der Waals surface area contributed by atoms with Gasteiger partial charge in [-0.05, 0) is 6.07 Å². The number of nitrogens with zero attached hydrogens (tertiary/aromatic N) is 2. The van der Waals surface area contributed by atoms with Crippen molar-refractivity contribution in [1.29, 1.82) is 0 Å². The lowest BCUT2D eigenvalue weighted by molar-refractivity contribution is 0.197. The predicted molar refractivity (Wildman–Crippen MR) is 68.5 cm³/mol. The molecule has 2 fully saturated rings. The quantitative estimate of drug-likeness (QED) is 0.795. The highest BCUT2D eigenvalue weighted by atomic mass is 16.3. The Kier molecular flexibility index (Phi) is 2.83. The van der Waals surface area contributed by atoms with Crippen molar-refractivity contribution in [2.45, 2.75) is 12.6 Å². The number of aliphatic hydroxyl groups excluding tert-OH is 1. The van der Waals surface area contributed by atoms with Gasteiger partial charge >= 0.3 is 6.03 Å². The molecule has 0 aliphatic carbocycles. The van der Waals surface area contributed by atoms with Crippen LogP contribution < -0.4 is 10.2 Å². The fourth-order valence-electron chi connectivity index (χ4n) is 2.78. The van der Waals surface area contributed by atoms with E-state index in [1.54, 1.807) is 0 Å².